The van der Waals surface area contributed by atoms with Crippen LogP contribution in [0.3, 0.4) is 0 Å². The number of hydrogen-bond acceptors (Lipinski definition) is 1. The second kappa shape index (κ2) is 7.58. The van der Waals surface area contributed by atoms with Crippen molar-refractivity contribution in [2.24, 2.45) is 5.92 Å². The normalized spacial score (nSPS) is 12.6. The van der Waals surface area contributed by atoms with E-state index in [1.807, 2.05) is 18.2 Å². The Morgan fingerprint density at radius 2 is 1.76 bits per heavy atom. The largest absolute Gasteiger partial charge is 0.306 e. The summed E-state index contributed by atoms with van der Waals surface area (Å²) in [6.45, 7) is 4.80. The second-order valence-electron chi connectivity index (χ2n) is 5.67. The van der Waals surface area contributed by atoms with Gasteiger partial charge < -0.3 is 5.32 Å². The minimum Gasteiger partial charge on any atom is -0.306 e. The standard InChI is InChI=1S/C18H21ClFN/c1-13(2)11-18(14-7-4-3-5-8-14)21-12-15-16(19)9-6-10-17(15)20/h3-10,13,18,21H,11-12H2,1-2H3. The Kier molecular flexibility index (Phi) is 5.77. The zero-order valence-corrected chi connectivity index (χ0v) is 13.2. The molecule has 0 amide bonds. The van der Waals surface area contributed by atoms with Gasteiger partial charge in [0.2, 0.25) is 0 Å². The first-order valence-corrected chi connectivity index (χ1v) is 7.67. The molecular weight excluding hydrogens is 285 g/mol. The fourth-order valence-electron chi connectivity index (χ4n) is 2.42. The van der Waals surface area contributed by atoms with Gasteiger partial charge in [0.1, 0.15) is 5.82 Å². The third-order valence-corrected chi connectivity index (χ3v) is 3.85. The van der Waals surface area contributed by atoms with Crippen LogP contribution in [0, 0.1) is 11.7 Å². The molecule has 2 aromatic rings. The number of rotatable bonds is 6. The molecule has 21 heavy (non-hydrogen) atoms. The van der Waals surface area contributed by atoms with Crippen LogP contribution in [-0.2, 0) is 6.54 Å². The molecule has 1 unspecified atom stereocenters. The first kappa shape index (κ1) is 16.0. The molecule has 0 aliphatic rings. The van der Waals surface area contributed by atoms with Crippen molar-refractivity contribution in [2.75, 3.05) is 0 Å². The van der Waals surface area contributed by atoms with Crippen molar-refractivity contribution in [1.29, 1.82) is 0 Å². The van der Waals surface area contributed by atoms with E-state index in [2.05, 4.69) is 31.3 Å². The van der Waals surface area contributed by atoms with Gasteiger partial charge in [-0.15, -0.1) is 0 Å². The highest BCUT2D eigenvalue weighted by Crippen LogP contribution is 2.24. The van der Waals surface area contributed by atoms with E-state index in [0.29, 0.717) is 23.0 Å². The Morgan fingerprint density at radius 3 is 2.38 bits per heavy atom. The highest BCUT2D eigenvalue weighted by atomic mass is 35.5. The lowest BCUT2D eigenvalue weighted by Gasteiger charge is -2.21. The monoisotopic (exact) mass is 305 g/mol. The van der Waals surface area contributed by atoms with Gasteiger partial charge in [-0.05, 0) is 30.0 Å². The predicted molar refractivity (Wildman–Crippen MR) is 86.9 cm³/mol. The van der Waals surface area contributed by atoms with E-state index in [1.54, 1.807) is 12.1 Å². The lowest BCUT2D eigenvalue weighted by Crippen LogP contribution is -2.23. The molecule has 1 nitrogen and oxygen atoms in total. The van der Waals surface area contributed by atoms with Gasteiger partial charge in [0.25, 0.3) is 0 Å². The third-order valence-electron chi connectivity index (χ3n) is 3.50. The van der Waals surface area contributed by atoms with Gasteiger partial charge in [-0.3, -0.25) is 0 Å². The molecule has 0 aliphatic heterocycles. The molecule has 0 saturated carbocycles. The van der Waals surface area contributed by atoms with Gasteiger partial charge in [-0.25, -0.2) is 4.39 Å². The lowest BCUT2D eigenvalue weighted by molar-refractivity contribution is 0.424. The summed E-state index contributed by atoms with van der Waals surface area (Å²) in [6.07, 6.45) is 0.996. The van der Waals surface area contributed by atoms with E-state index < -0.39 is 0 Å². The Balaban J connectivity index is 2.13. The van der Waals surface area contributed by atoms with E-state index in [9.17, 15) is 4.39 Å². The summed E-state index contributed by atoms with van der Waals surface area (Å²) >= 11 is 6.08. The highest BCUT2D eigenvalue weighted by Gasteiger charge is 2.14. The molecule has 0 bridgehead atoms. The van der Waals surface area contributed by atoms with Crippen molar-refractivity contribution in [1.82, 2.24) is 5.32 Å². The van der Waals surface area contributed by atoms with Gasteiger partial charge in [-0.2, -0.15) is 0 Å². The van der Waals surface area contributed by atoms with Gasteiger partial charge in [0, 0.05) is 23.2 Å². The van der Waals surface area contributed by atoms with Crippen LogP contribution < -0.4 is 5.32 Å². The zero-order chi connectivity index (χ0) is 15.2. The average Bonchev–Trinajstić information content (AvgIpc) is 2.46. The van der Waals surface area contributed by atoms with E-state index >= 15 is 0 Å². The quantitative estimate of drug-likeness (QED) is 0.758. The van der Waals surface area contributed by atoms with Crippen LogP contribution in [0.4, 0.5) is 4.39 Å². The van der Waals surface area contributed by atoms with E-state index in [1.165, 1.54) is 11.6 Å². The summed E-state index contributed by atoms with van der Waals surface area (Å²) < 4.78 is 13.8. The van der Waals surface area contributed by atoms with Crippen LogP contribution in [0.2, 0.25) is 5.02 Å². The van der Waals surface area contributed by atoms with Crippen molar-refractivity contribution in [3.8, 4) is 0 Å². The molecule has 1 atom stereocenters. The van der Waals surface area contributed by atoms with Crippen LogP contribution >= 0.6 is 11.6 Å². The van der Waals surface area contributed by atoms with Crippen molar-refractivity contribution in [3.63, 3.8) is 0 Å². The first-order valence-electron chi connectivity index (χ1n) is 7.29. The summed E-state index contributed by atoms with van der Waals surface area (Å²) in [7, 11) is 0. The third kappa shape index (κ3) is 4.55. The second-order valence-corrected chi connectivity index (χ2v) is 6.08. The predicted octanol–water partition coefficient (Wildman–Crippen LogP) is 5.36. The minimum absolute atomic E-state index is 0.196. The van der Waals surface area contributed by atoms with Crippen molar-refractivity contribution in [2.45, 2.75) is 32.9 Å². The summed E-state index contributed by atoms with van der Waals surface area (Å²) in [5.74, 6) is 0.296. The number of hydrogen-bond donors (Lipinski definition) is 1. The Morgan fingerprint density at radius 1 is 1.05 bits per heavy atom. The van der Waals surface area contributed by atoms with Crippen LogP contribution in [-0.4, -0.2) is 0 Å². The number of halogens is 2. The summed E-state index contributed by atoms with van der Waals surface area (Å²) in [4.78, 5) is 0. The van der Waals surface area contributed by atoms with Gasteiger partial charge in [0.05, 0.1) is 0 Å². The smallest absolute Gasteiger partial charge is 0.129 e. The molecule has 2 rings (SSSR count). The topological polar surface area (TPSA) is 12.0 Å². The van der Waals surface area contributed by atoms with Crippen LogP contribution in [0.25, 0.3) is 0 Å². The van der Waals surface area contributed by atoms with E-state index in [-0.39, 0.29) is 11.9 Å². The fraction of sp³-hybridized carbons (Fsp3) is 0.333. The maximum absolute atomic E-state index is 13.8. The number of benzene rings is 2. The SMILES string of the molecule is CC(C)CC(NCc1c(F)cccc1Cl)c1ccccc1. The van der Waals surface area contributed by atoms with Crippen LogP contribution in [0.15, 0.2) is 48.5 Å². The maximum atomic E-state index is 13.8. The van der Waals surface area contributed by atoms with Gasteiger partial charge in [0.15, 0.2) is 0 Å². The molecule has 2 aromatic carbocycles. The fourth-order valence-corrected chi connectivity index (χ4v) is 2.65. The molecule has 3 heteroatoms. The van der Waals surface area contributed by atoms with Crippen LogP contribution in [0.5, 0.6) is 0 Å². The first-order chi connectivity index (χ1) is 10.1. The molecule has 0 radical (unpaired) electrons. The lowest BCUT2D eigenvalue weighted by atomic mass is 9.97. The Bertz CT molecular complexity index is 548. The van der Waals surface area contributed by atoms with Gasteiger partial charge >= 0.3 is 0 Å². The molecule has 0 aromatic heterocycles. The van der Waals surface area contributed by atoms with Crippen molar-refractivity contribution >= 4 is 11.6 Å². The molecule has 0 heterocycles. The maximum Gasteiger partial charge on any atom is 0.129 e. The van der Waals surface area contributed by atoms with E-state index in [4.69, 9.17) is 11.6 Å². The zero-order valence-electron chi connectivity index (χ0n) is 12.4. The molecule has 0 fully saturated rings. The summed E-state index contributed by atoms with van der Waals surface area (Å²) in [6, 6.07) is 15.3. The average molecular weight is 306 g/mol. The Labute approximate surface area is 131 Å². The molecule has 0 aliphatic carbocycles. The van der Waals surface area contributed by atoms with Crippen LogP contribution in [0.1, 0.15) is 37.4 Å². The number of nitrogens with one attached hydrogen (secondary N) is 1. The van der Waals surface area contributed by atoms with Crippen molar-refractivity contribution in [3.05, 3.63) is 70.5 Å². The Hall–Kier alpha value is -1.38. The minimum atomic E-state index is -0.258. The molecule has 0 saturated heterocycles. The summed E-state index contributed by atoms with van der Waals surface area (Å²) in [5, 5.41) is 3.91. The highest BCUT2D eigenvalue weighted by molar-refractivity contribution is 6.31. The molecule has 0 spiro atoms. The molecule has 112 valence electrons. The van der Waals surface area contributed by atoms with Gasteiger partial charge in [-0.1, -0.05) is 61.8 Å². The molecular formula is C18H21ClFN. The van der Waals surface area contributed by atoms with E-state index in [0.717, 1.165) is 6.42 Å². The molecule has 1 N–H and O–H groups in total. The summed E-state index contributed by atoms with van der Waals surface area (Å²) in [5.41, 5.74) is 1.75. The van der Waals surface area contributed by atoms with Crippen molar-refractivity contribution < 1.29 is 4.39 Å².